The fourth-order valence-corrected chi connectivity index (χ4v) is 2.39. The molecule has 3 nitrogen and oxygen atoms in total. The topological polar surface area (TPSA) is 40.7 Å². The predicted molar refractivity (Wildman–Crippen MR) is 73.5 cm³/mol. The molecule has 0 saturated heterocycles. The van der Waals surface area contributed by atoms with Gasteiger partial charge in [0.25, 0.3) is 0 Å². The summed E-state index contributed by atoms with van der Waals surface area (Å²) in [5.74, 6) is 0.944. The summed E-state index contributed by atoms with van der Waals surface area (Å²) < 4.78 is 0.795. The maximum Gasteiger partial charge on any atom is 0.120 e. The summed E-state index contributed by atoms with van der Waals surface area (Å²) in [6.07, 6.45) is 1.85. The molecule has 5 heteroatoms. The molecule has 0 fully saturated rings. The monoisotopic (exact) mass is 269 g/mol. The number of hydrogen-bond donors (Lipinski definition) is 2. The van der Waals surface area contributed by atoms with Gasteiger partial charge in [0.1, 0.15) is 5.82 Å². The largest absolute Gasteiger partial charge is 0.340 e. The van der Waals surface area contributed by atoms with Crippen LogP contribution in [0.2, 0.25) is 4.34 Å². The smallest absolute Gasteiger partial charge is 0.120 e. The van der Waals surface area contributed by atoms with Crippen LogP contribution in [0.15, 0.2) is 18.3 Å². The first-order valence-electron chi connectivity index (χ1n) is 5.49. The lowest BCUT2D eigenvalue weighted by molar-refractivity contribution is 0.418. The highest BCUT2D eigenvalue weighted by Crippen LogP contribution is 2.29. The van der Waals surface area contributed by atoms with Gasteiger partial charge in [0.2, 0.25) is 0 Å². The Morgan fingerprint density at radius 3 is 2.76 bits per heavy atom. The Balaban J connectivity index is 2.06. The third-order valence-corrected chi connectivity index (χ3v) is 3.52. The zero-order chi connectivity index (χ0) is 12.5. The Morgan fingerprint density at radius 1 is 1.41 bits per heavy atom. The molecule has 2 heterocycles. The van der Waals surface area contributed by atoms with Crippen LogP contribution in [-0.2, 0) is 6.54 Å². The average molecular weight is 270 g/mol. The van der Waals surface area contributed by atoms with E-state index in [9.17, 15) is 0 Å². The molecule has 2 aromatic heterocycles. The van der Waals surface area contributed by atoms with E-state index in [-0.39, 0.29) is 5.54 Å². The second-order valence-corrected chi connectivity index (χ2v) is 6.67. The number of imidazole rings is 1. The number of nitrogens with one attached hydrogen (secondary N) is 2. The second kappa shape index (κ2) is 4.80. The van der Waals surface area contributed by atoms with Gasteiger partial charge in [-0.2, -0.15) is 0 Å². The first-order valence-corrected chi connectivity index (χ1v) is 6.68. The van der Waals surface area contributed by atoms with Crippen molar-refractivity contribution in [2.24, 2.45) is 0 Å². The van der Waals surface area contributed by atoms with Crippen LogP contribution in [0, 0.1) is 0 Å². The highest BCUT2D eigenvalue weighted by molar-refractivity contribution is 7.19. The van der Waals surface area contributed by atoms with Gasteiger partial charge in [0.05, 0.1) is 27.6 Å². The minimum Gasteiger partial charge on any atom is -0.340 e. The quantitative estimate of drug-likeness (QED) is 0.892. The molecule has 0 bridgehead atoms. The molecule has 0 saturated carbocycles. The van der Waals surface area contributed by atoms with Crippen molar-refractivity contribution in [3.63, 3.8) is 0 Å². The Labute approximate surface area is 110 Å². The second-order valence-electron chi connectivity index (χ2n) is 4.95. The van der Waals surface area contributed by atoms with Crippen LogP contribution in [0.5, 0.6) is 0 Å². The minimum atomic E-state index is 0.0964. The van der Waals surface area contributed by atoms with Crippen molar-refractivity contribution in [2.45, 2.75) is 32.9 Å². The number of halogens is 1. The zero-order valence-electron chi connectivity index (χ0n) is 10.2. The van der Waals surface area contributed by atoms with Crippen molar-refractivity contribution in [1.82, 2.24) is 15.3 Å². The van der Waals surface area contributed by atoms with Crippen LogP contribution in [0.1, 0.15) is 26.6 Å². The standard InChI is InChI=1S/C12H16ClN3S/c1-12(2,3)15-7-11-14-6-8(16-11)9-4-5-10(13)17-9/h4-6,15H,7H2,1-3H3,(H,14,16). The van der Waals surface area contributed by atoms with E-state index < -0.39 is 0 Å². The molecule has 2 aromatic rings. The first kappa shape index (κ1) is 12.6. The summed E-state index contributed by atoms with van der Waals surface area (Å²) in [6.45, 7) is 7.14. The van der Waals surface area contributed by atoms with Gasteiger partial charge in [-0.05, 0) is 32.9 Å². The Kier molecular flexibility index (Phi) is 3.56. The first-order chi connectivity index (χ1) is 7.94. The third kappa shape index (κ3) is 3.56. The van der Waals surface area contributed by atoms with E-state index in [2.05, 4.69) is 36.1 Å². The van der Waals surface area contributed by atoms with Crippen molar-refractivity contribution in [2.75, 3.05) is 0 Å². The Bertz CT molecular complexity index is 496. The Hall–Kier alpha value is -0.840. The van der Waals surface area contributed by atoms with Gasteiger partial charge in [-0.15, -0.1) is 11.3 Å². The summed E-state index contributed by atoms with van der Waals surface area (Å²) in [6, 6.07) is 3.90. The molecule has 17 heavy (non-hydrogen) atoms. The van der Waals surface area contributed by atoms with E-state index in [4.69, 9.17) is 11.6 Å². The van der Waals surface area contributed by atoms with Gasteiger partial charge >= 0.3 is 0 Å². The number of rotatable bonds is 3. The van der Waals surface area contributed by atoms with Gasteiger partial charge in [-0.1, -0.05) is 11.6 Å². The van der Waals surface area contributed by atoms with Crippen molar-refractivity contribution in [3.05, 3.63) is 28.5 Å². The van der Waals surface area contributed by atoms with E-state index in [1.54, 1.807) is 11.3 Å². The number of hydrogen-bond acceptors (Lipinski definition) is 3. The van der Waals surface area contributed by atoms with Crippen molar-refractivity contribution in [3.8, 4) is 10.6 Å². The normalized spacial score (nSPS) is 12.0. The lowest BCUT2D eigenvalue weighted by Crippen LogP contribution is -2.35. The van der Waals surface area contributed by atoms with Gasteiger partial charge in [-0.3, -0.25) is 0 Å². The van der Waals surface area contributed by atoms with Gasteiger partial charge < -0.3 is 10.3 Å². The van der Waals surface area contributed by atoms with Gasteiger partial charge in [0.15, 0.2) is 0 Å². The molecule has 0 unspecified atom stereocenters. The fourth-order valence-electron chi connectivity index (χ4n) is 1.39. The third-order valence-electron chi connectivity index (χ3n) is 2.25. The molecule has 2 rings (SSSR count). The molecule has 0 aliphatic rings. The van der Waals surface area contributed by atoms with Crippen LogP contribution in [0.3, 0.4) is 0 Å². The number of aromatic amines is 1. The number of H-pyrrole nitrogens is 1. The van der Waals surface area contributed by atoms with Crippen molar-refractivity contribution < 1.29 is 0 Å². The van der Waals surface area contributed by atoms with Crippen molar-refractivity contribution >= 4 is 22.9 Å². The van der Waals surface area contributed by atoms with E-state index in [1.165, 1.54) is 0 Å². The number of nitrogens with zero attached hydrogens (tertiary/aromatic N) is 1. The molecular formula is C12H16ClN3S. The molecule has 0 amide bonds. The number of aromatic nitrogens is 2. The molecule has 0 aliphatic heterocycles. The molecule has 0 aliphatic carbocycles. The van der Waals surface area contributed by atoms with Crippen LogP contribution in [0.25, 0.3) is 10.6 Å². The van der Waals surface area contributed by atoms with E-state index in [0.717, 1.165) is 27.3 Å². The summed E-state index contributed by atoms with van der Waals surface area (Å²) in [4.78, 5) is 8.76. The van der Waals surface area contributed by atoms with E-state index in [1.807, 2.05) is 18.3 Å². The molecule has 0 radical (unpaired) electrons. The van der Waals surface area contributed by atoms with Gasteiger partial charge in [0, 0.05) is 5.54 Å². The zero-order valence-corrected chi connectivity index (χ0v) is 11.7. The highest BCUT2D eigenvalue weighted by atomic mass is 35.5. The maximum atomic E-state index is 5.91. The summed E-state index contributed by atoms with van der Waals surface area (Å²) >= 11 is 7.46. The molecule has 0 atom stereocenters. The lowest BCUT2D eigenvalue weighted by Gasteiger charge is -2.19. The molecule has 92 valence electrons. The van der Waals surface area contributed by atoms with Gasteiger partial charge in [-0.25, -0.2) is 4.98 Å². The Morgan fingerprint density at radius 2 is 2.18 bits per heavy atom. The summed E-state index contributed by atoms with van der Waals surface area (Å²) in [5.41, 5.74) is 1.12. The maximum absolute atomic E-state index is 5.91. The number of thiophene rings is 1. The van der Waals surface area contributed by atoms with Crippen LogP contribution in [0.4, 0.5) is 0 Å². The average Bonchev–Trinajstić information content (AvgIpc) is 2.81. The lowest BCUT2D eigenvalue weighted by atomic mass is 10.1. The SMILES string of the molecule is CC(C)(C)NCc1ncc(-c2ccc(Cl)s2)[nH]1. The predicted octanol–water partition coefficient (Wildman–Crippen LogP) is 3.68. The minimum absolute atomic E-state index is 0.0964. The van der Waals surface area contributed by atoms with E-state index >= 15 is 0 Å². The van der Waals surface area contributed by atoms with E-state index in [0.29, 0.717) is 0 Å². The highest BCUT2D eigenvalue weighted by Gasteiger charge is 2.10. The van der Waals surface area contributed by atoms with Crippen LogP contribution >= 0.6 is 22.9 Å². The van der Waals surface area contributed by atoms with Crippen LogP contribution < -0.4 is 5.32 Å². The van der Waals surface area contributed by atoms with Crippen LogP contribution in [-0.4, -0.2) is 15.5 Å². The fraction of sp³-hybridized carbons (Fsp3) is 0.417. The molecule has 0 spiro atoms. The molecule has 0 aromatic carbocycles. The summed E-state index contributed by atoms with van der Waals surface area (Å²) in [7, 11) is 0. The molecular weight excluding hydrogens is 254 g/mol. The van der Waals surface area contributed by atoms with Crippen molar-refractivity contribution in [1.29, 1.82) is 0 Å². The summed E-state index contributed by atoms with van der Waals surface area (Å²) in [5, 5.41) is 3.39. The molecule has 2 N–H and O–H groups in total.